The van der Waals surface area contributed by atoms with Crippen molar-refractivity contribution in [2.24, 2.45) is 0 Å². The van der Waals surface area contributed by atoms with E-state index in [1.165, 1.54) is 17.7 Å². The monoisotopic (exact) mass is 411 g/mol. The number of sulfone groups is 1. The maximum atomic E-state index is 13.0. The van der Waals surface area contributed by atoms with Gasteiger partial charge < -0.3 is 4.90 Å². The summed E-state index contributed by atoms with van der Waals surface area (Å²) in [6.45, 7) is 5.69. The molecule has 0 N–H and O–H groups in total. The molecule has 1 aromatic heterocycles. The standard InChI is InChI=1S/C19H26FN3O2S2/c1-14-19(15(2)23(21-14)17-8-11-27(24,25)13-17)12-22(3)9-10-26-18-6-4-16(20)5-7-18/h4-7,17H,8-13H2,1-3H3/t17-/m1/s1. The first kappa shape index (κ1) is 20.4. The van der Waals surface area contributed by atoms with E-state index in [-0.39, 0.29) is 23.4 Å². The Morgan fingerprint density at radius 1 is 1.30 bits per heavy atom. The number of benzene rings is 1. The van der Waals surface area contributed by atoms with Gasteiger partial charge in [0.15, 0.2) is 9.84 Å². The minimum absolute atomic E-state index is 0.0400. The lowest BCUT2D eigenvalue weighted by atomic mass is 10.1. The highest BCUT2D eigenvalue weighted by atomic mass is 32.2. The third-order valence-electron chi connectivity index (χ3n) is 5.01. The van der Waals surface area contributed by atoms with Gasteiger partial charge in [0.05, 0.1) is 23.2 Å². The van der Waals surface area contributed by atoms with E-state index in [2.05, 4.69) is 17.0 Å². The van der Waals surface area contributed by atoms with Gasteiger partial charge >= 0.3 is 0 Å². The molecular formula is C19H26FN3O2S2. The van der Waals surface area contributed by atoms with E-state index in [1.807, 2.05) is 18.5 Å². The topological polar surface area (TPSA) is 55.2 Å². The summed E-state index contributed by atoms with van der Waals surface area (Å²) in [5, 5.41) is 4.63. The van der Waals surface area contributed by atoms with Crippen LogP contribution in [0.2, 0.25) is 0 Å². The number of thioether (sulfide) groups is 1. The summed E-state index contributed by atoms with van der Waals surface area (Å²) in [7, 11) is -0.855. The Kier molecular flexibility index (Phi) is 6.28. The van der Waals surface area contributed by atoms with Crippen LogP contribution < -0.4 is 0 Å². The number of aryl methyl sites for hydroxylation is 1. The SMILES string of the molecule is Cc1nn([C@@H]2CCS(=O)(=O)C2)c(C)c1CN(C)CCSc1ccc(F)cc1. The second kappa shape index (κ2) is 8.32. The molecule has 2 aromatic rings. The van der Waals surface area contributed by atoms with Crippen molar-refractivity contribution in [2.45, 2.75) is 37.8 Å². The van der Waals surface area contributed by atoms with Crippen LogP contribution in [-0.2, 0) is 16.4 Å². The predicted molar refractivity (Wildman–Crippen MR) is 107 cm³/mol. The maximum absolute atomic E-state index is 13.0. The molecule has 1 fully saturated rings. The van der Waals surface area contributed by atoms with Gasteiger partial charge in [0, 0.05) is 35.0 Å². The first-order valence-corrected chi connectivity index (χ1v) is 11.9. The van der Waals surface area contributed by atoms with Crippen LogP contribution in [0.3, 0.4) is 0 Å². The Morgan fingerprint density at radius 3 is 2.63 bits per heavy atom. The predicted octanol–water partition coefficient (Wildman–Crippen LogP) is 3.22. The molecule has 0 bridgehead atoms. The van der Waals surface area contributed by atoms with Gasteiger partial charge in [-0.25, -0.2) is 12.8 Å². The summed E-state index contributed by atoms with van der Waals surface area (Å²) >= 11 is 1.71. The van der Waals surface area contributed by atoms with Crippen LogP contribution >= 0.6 is 11.8 Å². The lowest BCUT2D eigenvalue weighted by Gasteiger charge is -2.17. The molecule has 8 heteroatoms. The van der Waals surface area contributed by atoms with Crippen molar-refractivity contribution in [1.29, 1.82) is 0 Å². The van der Waals surface area contributed by atoms with Crippen LogP contribution in [0.15, 0.2) is 29.2 Å². The van der Waals surface area contributed by atoms with E-state index in [0.717, 1.165) is 35.1 Å². The van der Waals surface area contributed by atoms with Crippen molar-refractivity contribution in [3.8, 4) is 0 Å². The molecule has 0 amide bonds. The van der Waals surface area contributed by atoms with Crippen LogP contribution in [0.5, 0.6) is 0 Å². The zero-order valence-electron chi connectivity index (χ0n) is 16.0. The van der Waals surface area contributed by atoms with Gasteiger partial charge in [-0.05, 0) is 51.6 Å². The third kappa shape index (κ3) is 5.12. The summed E-state index contributed by atoms with van der Waals surface area (Å²) in [5.41, 5.74) is 3.20. The van der Waals surface area contributed by atoms with Gasteiger partial charge in [-0.1, -0.05) is 0 Å². The van der Waals surface area contributed by atoms with Gasteiger partial charge in [-0.15, -0.1) is 11.8 Å². The number of aromatic nitrogens is 2. The van der Waals surface area contributed by atoms with Crippen molar-refractivity contribution in [1.82, 2.24) is 14.7 Å². The van der Waals surface area contributed by atoms with Gasteiger partial charge in [-0.2, -0.15) is 5.10 Å². The first-order chi connectivity index (χ1) is 12.7. The molecule has 5 nitrogen and oxygen atoms in total. The first-order valence-electron chi connectivity index (χ1n) is 9.07. The maximum Gasteiger partial charge on any atom is 0.152 e. The van der Waals surface area contributed by atoms with Crippen LogP contribution in [0.4, 0.5) is 4.39 Å². The van der Waals surface area contributed by atoms with Gasteiger partial charge in [0.1, 0.15) is 5.82 Å². The molecule has 1 aromatic carbocycles. The summed E-state index contributed by atoms with van der Waals surface area (Å²) in [6.07, 6.45) is 0.647. The largest absolute Gasteiger partial charge is 0.301 e. The van der Waals surface area contributed by atoms with Gasteiger partial charge in [-0.3, -0.25) is 4.68 Å². The normalized spacial score (nSPS) is 19.1. The zero-order chi connectivity index (χ0) is 19.6. The molecule has 0 unspecified atom stereocenters. The molecule has 2 heterocycles. The molecule has 1 atom stereocenters. The van der Waals surface area contributed by atoms with E-state index >= 15 is 0 Å². The van der Waals surface area contributed by atoms with Crippen LogP contribution in [0.1, 0.15) is 29.4 Å². The zero-order valence-corrected chi connectivity index (χ0v) is 17.6. The third-order valence-corrected chi connectivity index (χ3v) is 7.76. The second-order valence-corrected chi connectivity index (χ2v) is 10.6. The Hall–Kier alpha value is -1.38. The average Bonchev–Trinajstić information content (AvgIpc) is 3.10. The number of hydrogen-bond donors (Lipinski definition) is 0. The highest BCUT2D eigenvalue weighted by molar-refractivity contribution is 7.99. The Bertz CT molecular complexity index is 894. The molecule has 1 aliphatic heterocycles. The van der Waals surface area contributed by atoms with E-state index < -0.39 is 9.84 Å². The number of rotatable bonds is 7. The minimum Gasteiger partial charge on any atom is -0.301 e. The number of nitrogens with zero attached hydrogens (tertiary/aromatic N) is 3. The van der Waals surface area contributed by atoms with Crippen molar-refractivity contribution < 1.29 is 12.8 Å². The van der Waals surface area contributed by atoms with Crippen LogP contribution in [-0.4, -0.2) is 53.9 Å². The summed E-state index contributed by atoms with van der Waals surface area (Å²) in [6, 6.07) is 6.52. The van der Waals surface area contributed by atoms with Crippen molar-refractivity contribution in [2.75, 3.05) is 30.9 Å². The van der Waals surface area contributed by atoms with Crippen LogP contribution in [0, 0.1) is 19.7 Å². The van der Waals surface area contributed by atoms with E-state index in [1.54, 1.807) is 23.9 Å². The summed E-state index contributed by atoms with van der Waals surface area (Å²) < 4.78 is 38.4. The Balaban J connectivity index is 1.57. The van der Waals surface area contributed by atoms with E-state index in [0.29, 0.717) is 6.42 Å². The molecule has 0 spiro atoms. The van der Waals surface area contributed by atoms with E-state index in [4.69, 9.17) is 0 Å². The average molecular weight is 412 g/mol. The van der Waals surface area contributed by atoms with Crippen molar-refractivity contribution >= 4 is 21.6 Å². The molecule has 148 valence electrons. The minimum atomic E-state index is -2.93. The highest BCUT2D eigenvalue weighted by Crippen LogP contribution is 2.27. The molecule has 0 aliphatic carbocycles. The molecule has 1 aliphatic rings. The Morgan fingerprint density at radius 2 is 2.00 bits per heavy atom. The quantitative estimate of drug-likeness (QED) is 0.655. The molecule has 27 heavy (non-hydrogen) atoms. The number of halogens is 1. The van der Waals surface area contributed by atoms with Crippen molar-refractivity contribution in [3.05, 3.63) is 47.0 Å². The fourth-order valence-electron chi connectivity index (χ4n) is 3.45. The molecule has 1 saturated heterocycles. The van der Waals surface area contributed by atoms with Gasteiger partial charge in [0.2, 0.25) is 0 Å². The smallest absolute Gasteiger partial charge is 0.152 e. The molecule has 0 saturated carbocycles. The Labute approximate surface area is 164 Å². The van der Waals surface area contributed by atoms with E-state index in [9.17, 15) is 12.8 Å². The van der Waals surface area contributed by atoms with Gasteiger partial charge in [0.25, 0.3) is 0 Å². The summed E-state index contributed by atoms with van der Waals surface area (Å²) in [5.74, 6) is 1.15. The molecule has 3 rings (SSSR count). The summed E-state index contributed by atoms with van der Waals surface area (Å²) in [4.78, 5) is 3.30. The highest BCUT2D eigenvalue weighted by Gasteiger charge is 2.31. The second-order valence-electron chi connectivity index (χ2n) is 7.19. The molecular weight excluding hydrogens is 385 g/mol. The fourth-order valence-corrected chi connectivity index (χ4v) is 6.11. The lowest BCUT2D eigenvalue weighted by Crippen LogP contribution is -2.21. The fraction of sp³-hybridized carbons (Fsp3) is 0.526. The van der Waals surface area contributed by atoms with Crippen LogP contribution in [0.25, 0.3) is 0 Å². The molecule has 0 radical (unpaired) electrons. The lowest BCUT2D eigenvalue weighted by molar-refractivity contribution is 0.346. The van der Waals surface area contributed by atoms with Crippen molar-refractivity contribution in [3.63, 3.8) is 0 Å². The number of hydrogen-bond acceptors (Lipinski definition) is 5.